The molecule has 0 aliphatic carbocycles. The highest BCUT2D eigenvalue weighted by Crippen LogP contribution is 2.51. The molecular weight excluding hydrogens is 960 g/mol. The first-order chi connectivity index (χ1) is 33.3. The molecule has 2 aliphatic rings. The number of pyridine rings is 2. The molecule has 8 rings (SSSR count). The number of carbonyl (C=O) groups is 1. The number of alkyl halides is 3. The fourth-order valence-electron chi connectivity index (χ4n) is 8.78. The Morgan fingerprint density at radius 3 is 2.19 bits per heavy atom. The maximum atomic E-state index is 18.0. The summed E-state index contributed by atoms with van der Waals surface area (Å²) in [5, 5.41) is 11.3. The van der Waals surface area contributed by atoms with Crippen molar-refractivity contribution in [2.24, 2.45) is 5.92 Å². The van der Waals surface area contributed by atoms with Gasteiger partial charge in [-0.15, -0.1) is 0 Å². The zero-order valence-corrected chi connectivity index (χ0v) is 40.3. The number of aryl methyl sites for hydroxylation is 1. The molecule has 1 atom stereocenters. The van der Waals surface area contributed by atoms with Crippen molar-refractivity contribution in [3.63, 3.8) is 0 Å². The molecule has 0 spiro atoms. The summed E-state index contributed by atoms with van der Waals surface area (Å²) in [5.74, 6) is -0.302. The molecule has 1 amide bonds. The molecule has 0 unspecified atom stereocenters. The number of benzene rings is 3. The van der Waals surface area contributed by atoms with E-state index in [1.165, 1.54) is 37.7 Å². The molecule has 0 saturated carbocycles. The van der Waals surface area contributed by atoms with Crippen LogP contribution >= 0.6 is 11.6 Å². The number of rotatable bonds is 15. The number of nitrogens with one attached hydrogen (secondary N) is 1. The molecule has 2 N–H and O–H groups in total. The average Bonchev–Trinajstić information content (AvgIpc) is 3.52. The van der Waals surface area contributed by atoms with Crippen LogP contribution in [0.3, 0.4) is 0 Å². The number of piperidine rings is 1. The van der Waals surface area contributed by atoms with Crippen LogP contribution in [0.25, 0.3) is 22.2 Å². The average molecular weight is 1010 g/mol. The minimum Gasteiger partial charge on any atom is -0.497 e. The van der Waals surface area contributed by atoms with Crippen molar-refractivity contribution >= 4 is 56.1 Å². The second-order valence-electron chi connectivity index (χ2n) is 17.0. The summed E-state index contributed by atoms with van der Waals surface area (Å²) in [4.78, 5) is 33.4. The van der Waals surface area contributed by atoms with Crippen LogP contribution < -0.4 is 34.1 Å². The number of nitrogens with zero attached hydrogens (tertiary/aromatic N) is 7. The number of methoxy groups -OCH3 is 2. The van der Waals surface area contributed by atoms with Gasteiger partial charge in [0.15, 0.2) is 11.6 Å². The lowest BCUT2D eigenvalue weighted by Crippen LogP contribution is -2.39. The van der Waals surface area contributed by atoms with Crippen LogP contribution in [0.4, 0.5) is 39.8 Å². The molecular formula is C48H49ClF4N8O8S. The summed E-state index contributed by atoms with van der Waals surface area (Å²) in [6.07, 6.45) is -2.99. The number of hydrogen-bond acceptors (Lipinski definition) is 13. The van der Waals surface area contributed by atoms with Crippen molar-refractivity contribution in [1.82, 2.24) is 24.2 Å². The second kappa shape index (κ2) is 20.3. The Hall–Kier alpha value is -6.71. The fourth-order valence-corrected chi connectivity index (χ4v) is 9.98. The highest BCUT2D eigenvalue weighted by molar-refractivity contribution is 7.88. The maximum Gasteiger partial charge on any atom is 0.418 e. The van der Waals surface area contributed by atoms with Gasteiger partial charge in [-0.05, 0) is 85.7 Å². The lowest BCUT2D eigenvalue weighted by atomic mass is 9.98. The summed E-state index contributed by atoms with van der Waals surface area (Å²) in [5.41, 5.74) is -1.56. The van der Waals surface area contributed by atoms with E-state index < -0.39 is 61.5 Å². The molecule has 5 heterocycles. The van der Waals surface area contributed by atoms with Gasteiger partial charge in [-0.2, -0.15) is 23.1 Å². The Morgan fingerprint density at radius 2 is 1.61 bits per heavy atom. The predicted molar refractivity (Wildman–Crippen MR) is 255 cm³/mol. The van der Waals surface area contributed by atoms with Gasteiger partial charge in [-0.25, -0.2) is 31.9 Å². The van der Waals surface area contributed by atoms with Crippen LogP contribution in [-0.4, -0.2) is 97.2 Å². The van der Waals surface area contributed by atoms with Gasteiger partial charge in [0, 0.05) is 37.9 Å². The monoisotopic (exact) mass is 1010 g/mol. The van der Waals surface area contributed by atoms with E-state index in [4.69, 9.17) is 35.5 Å². The van der Waals surface area contributed by atoms with E-state index in [0.717, 1.165) is 17.4 Å². The Balaban J connectivity index is 1.31. The Kier molecular flexibility index (Phi) is 14.4. The first kappa shape index (κ1) is 49.7. The molecule has 3 aromatic carbocycles. The highest BCUT2D eigenvalue weighted by atomic mass is 35.5. The Labute approximate surface area is 406 Å². The smallest absolute Gasteiger partial charge is 0.418 e. The van der Waals surface area contributed by atoms with Crippen LogP contribution in [0.15, 0.2) is 72.9 Å². The van der Waals surface area contributed by atoms with Crippen LogP contribution in [0.5, 0.6) is 23.3 Å². The van der Waals surface area contributed by atoms with E-state index in [-0.39, 0.29) is 92.0 Å². The van der Waals surface area contributed by atoms with E-state index >= 15 is 17.6 Å². The van der Waals surface area contributed by atoms with E-state index in [1.54, 1.807) is 53.1 Å². The van der Waals surface area contributed by atoms with E-state index in [0.29, 0.717) is 29.9 Å². The third kappa shape index (κ3) is 10.6. The lowest BCUT2D eigenvalue weighted by molar-refractivity contribution is -0.137. The van der Waals surface area contributed by atoms with Gasteiger partial charge in [-0.3, -0.25) is 5.32 Å². The molecule has 0 radical (unpaired) electrons. The standard InChI is InChI=1S/C48H49ClF4N8O8S/c1-27-23-35(59(24-29-8-12-32(66-3)13-9-29)25-30-10-14-33(67-4)15-11-30)55-41(38(27)48(51,52)53)36-39(49)43-37-42(40(36)50)56-46(69-26-31-16-19-60(20-17-31)70(5,64)65)58-45(37)61(21-22-68-43)28(2)34-7-6-18-54-44(34)57-47(62)63/h6-15,18,23,28,31H,16-17,19-22,24-26H2,1-5H3,(H,54,57)(H,62,63)/t28-/m1/s1. The largest absolute Gasteiger partial charge is 0.497 e. The summed E-state index contributed by atoms with van der Waals surface area (Å²) in [6, 6.07) is 17.8. The van der Waals surface area contributed by atoms with E-state index in [9.17, 15) is 18.3 Å². The number of ether oxygens (including phenoxy) is 4. The molecule has 1 saturated heterocycles. The van der Waals surface area contributed by atoms with Crippen molar-refractivity contribution in [3.8, 4) is 34.5 Å². The summed E-state index contributed by atoms with van der Waals surface area (Å²) < 4.78 is 113. The number of halogens is 5. The van der Waals surface area contributed by atoms with Crippen LogP contribution in [-0.2, 0) is 29.3 Å². The normalized spacial score (nSPS) is 15.0. The van der Waals surface area contributed by atoms with Gasteiger partial charge in [0.05, 0.1) is 66.9 Å². The number of carboxylic acid groups (broad SMARTS) is 1. The van der Waals surface area contributed by atoms with E-state index in [1.807, 2.05) is 24.3 Å². The Bertz CT molecular complexity index is 2970. The minimum atomic E-state index is -5.06. The van der Waals surface area contributed by atoms with Gasteiger partial charge >= 0.3 is 18.3 Å². The van der Waals surface area contributed by atoms with Crippen LogP contribution in [0.1, 0.15) is 53.6 Å². The SMILES string of the molecule is COc1ccc(CN(Cc2ccc(OC)cc2)c2cc(C)c(C(F)(F)F)c(-c3c(Cl)c4c5c(nc(OCC6CCN(S(C)(=O)=O)CC6)nc5c3F)N([C@H](C)c3cccnc3NC(=O)O)CCO4)n2)cc1. The second-order valence-corrected chi connectivity index (χ2v) is 19.3. The molecule has 3 aromatic heterocycles. The third-order valence-corrected chi connectivity index (χ3v) is 14.0. The Morgan fingerprint density at radius 1 is 0.986 bits per heavy atom. The van der Waals surface area contributed by atoms with Gasteiger partial charge in [-0.1, -0.05) is 41.9 Å². The molecule has 0 bridgehead atoms. The van der Waals surface area contributed by atoms with Gasteiger partial charge < -0.3 is 33.9 Å². The fraction of sp³-hybridized carbons (Fsp3) is 0.354. The lowest BCUT2D eigenvalue weighted by Gasteiger charge is -2.31. The molecule has 70 heavy (non-hydrogen) atoms. The zero-order chi connectivity index (χ0) is 50.1. The third-order valence-electron chi connectivity index (χ3n) is 12.4. The first-order valence-electron chi connectivity index (χ1n) is 22.1. The van der Waals surface area contributed by atoms with Crippen molar-refractivity contribution < 1.29 is 54.8 Å². The number of anilines is 3. The summed E-state index contributed by atoms with van der Waals surface area (Å²) in [6.45, 7) is 3.72. The van der Waals surface area contributed by atoms with Crippen molar-refractivity contribution in [3.05, 3.63) is 112 Å². The van der Waals surface area contributed by atoms with Gasteiger partial charge in [0.2, 0.25) is 10.0 Å². The van der Waals surface area contributed by atoms with Crippen LogP contribution in [0, 0.1) is 18.7 Å². The number of sulfonamides is 1. The van der Waals surface area contributed by atoms with Crippen molar-refractivity contribution in [1.29, 1.82) is 0 Å². The summed E-state index contributed by atoms with van der Waals surface area (Å²) >= 11 is 7.16. The predicted octanol–water partition coefficient (Wildman–Crippen LogP) is 9.53. The summed E-state index contributed by atoms with van der Waals surface area (Å²) in [7, 11) is -0.354. The highest BCUT2D eigenvalue weighted by Gasteiger charge is 2.41. The van der Waals surface area contributed by atoms with Crippen molar-refractivity contribution in [2.75, 3.05) is 68.4 Å². The molecule has 6 aromatic rings. The first-order valence-corrected chi connectivity index (χ1v) is 24.3. The molecule has 370 valence electrons. The van der Waals surface area contributed by atoms with Crippen molar-refractivity contribution in [2.45, 2.75) is 52.0 Å². The number of aromatic nitrogens is 4. The topological polar surface area (TPSA) is 182 Å². The van der Waals surface area contributed by atoms with Gasteiger partial charge in [0.25, 0.3) is 0 Å². The van der Waals surface area contributed by atoms with Gasteiger partial charge in [0.1, 0.15) is 41.1 Å². The maximum absolute atomic E-state index is 18.0. The van der Waals surface area contributed by atoms with Crippen LogP contribution in [0.2, 0.25) is 5.02 Å². The molecule has 1 fully saturated rings. The zero-order valence-electron chi connectivity index (χ0n) is 38.7. The molecule has 2 aliphatic heterocycles. The van der Waals surface area contributed by atoms with E-state index in [2.05, 4.69) is 20.3 Å². The number of hydrogen-bond donors (Lipinski definition) is 2. The quantitative estimate of drug-likeness (QED) is 0.0928. The molecule has 16 nitrogen and oxygen atoms in total. The number of amides is 1. The molecule has 22 heteroatoms. The minimum absolute atomic E-state index is 0.00193.